The van der Waals surface area contributed by atoms with E-state index in [-0.39, 0.29) is 11.7 Å². The minimum Gasteiger partial charge on any atom is -0.475 e. The zero-order valence-corrected chi connectivity index (χ0v) is 7.66. The van der Waals surface area contributed by atoms with Crippen molar-refractivity contribution in [3.8, 4) is 0 Å². The first kappa shape index (κ1) is 8.34. The van der Waals surface area contributed by atoms with Crippen molar-refractivity contribution in [3.63, 3.8) is 0 Å². The second-order valence-electron chi connectivity index (χ2n) is 3.82. The normalized spacial score (nSPS) is 20.4. The Morgan fingerprint density at radius 2 is 2.27 bits per heavy atom. The van der Waals surface area contributed by atoms with Crippen LogP contribution in [-0.2, 0) is 4.79 Å². The van der Waals surface area contributed by atoms with Crippen molar-refractivity contribution < 1.29 is 19.1 Å². The monoisotopic (exact) mass is 208 g/mol. The number of furan rings is 1. The van der Waals surface area contributed by atoms with E-state index in [1.54, 1.807) is 0 Å². The fourth-order valence-corrected chi connectivity index (χ4v) is 1.75. The molecule has 0 unspecified atom stereocenters. The van der Waals surface area contributed by atoms with Gasteiger partial charge in [-0.3, -0.25) is 4.79 Å². The van der Waals surface area contributed by atoms with E-state index in [0.717, 1.165) is 12.8 Å². The number of aromatic carboxylic acids is 1. The molecule has 1 aromatic rings. The molecule has 1 spiro atoms. The Kier molecular flexibility index (Phi) is 1.30. The molecule has 2 heterocycles. The van der Waals surface area contributed by atoms with E-state index in [4.69, 9.17) is 9.52 Å². The van der Waals surface area contributed by atoms with E-state index in [1.807, 2.05) is 0 Å². The molecule has 15 heavy (non-hydrogen) atoms. The Hall–Kier alpha value is -1.98. The Labute approximate surface area is 84.3 Å². The SMILES string of the molecule is O=C(O)c1occ2c1NC1(CC1)C(=O)N2. The highest BCUT2D eigenvalue weighted by Gasteiger charge is 2.53. The zero-order chi connectivity index (χ0) is 10.6. The number of carboxylic acids is 1. The van der Waals surface area contributed by atoms with Gasteiger partial charge in [-0.15, -0.1) is 0 Å². The molecule has 0 bridgehead atoms. The number of nitrogens with one attached hydrogen (secondary N) is 2. The Morgan fingerprint density at radius 1 is 1.53 bits per heavy atom. The highest BCUT2D eigenvalue weighted by molar-refractivity contribution is 6.10. The summed E-state index contributed by atoms with van der Waals surface area (Å²) in [7, 11) is 0. The number of hydrogen-bond acceptors (Lipinski definition) is 4. The number of anilines is 2. The summed E-state index contributed by atoms with van der Waals surface area (Å²) in [4.78, 5) is 22.4. The largest absolute Gasteiger partial charge is 0.475 e. The van der Waals surface area contributed by atoms with Gasteiger partial charge >= 0.3 is 5.97 Å². The molecular weight excluding hydrogens is 200 g/mol. The lowest BCUT2D eigenvalue weighted by Gasteiger charge is -2.23. The van der Waals surface area contributed by atoms with Crippen LogP contribution in [0.25, 0.3) is 0 Å². The van der Waals surface area contributed by atoms with Gasteiger partial charge in [0.05, 0.1) is 0 Å². The number of hydrogen-bond donors (Lipinski definition) is 3. The van der Waals surface area contributed by atoms with Gasteiger partial charge in [0, 0.05) is 0 Å². The lowest BCUT2D eigenvalue weighted by atomic mass is 10.1. The van der Waals surface area contributed by atoms with Crippen molar-refractivity contribution in [2.24, 2.45) is 0 Å². The van der Waals surface area contributed by atoms with E-state index in [9.17, 15) is 9.59 Å². The predicted molar refractivity (Wildman–Crippen MR) is 49.9 cm³/mol. The van der Waals surface area contributed by atoms with Crippen LogP contribution in [0.15, 0.2) is 10.7 Å². The summed E-state index contributed by atoms with van der Waals surface area (Å²) in [5.41, 5.74) is 0.177. The molecule has 1 aromatic heterocycles. The fraction of sp³-hybridized carbons (Fsp3) is 0.333. The van der Waals surface area contributed by atoms with Crippen LogP contribution in [0.1, 0.15) is 23.4 Å². The van der Waals surface area contributed by atoms with E-state index in [0.29, 0.717) is 11.4 Å². The van der Waals surface area contributed by atoms with Gasteiger partial charge in [-0.25, -0.2) is 4.79 Å². The van der Waals surface area contributed by atoms with Gasteiger partial charge in [0.15, 0.2) is 0 Å². The third-order valence-corrected chi connectivity index (χ3v) is 2.78. The number of fused-ring (bicyclic) bond motifs is 1. The molecule has 1 fully saturated rings. The van der Waals surface area contributed by atoms with E-state index in [2.05, 4.69) is 10.6 Å². The lowest BCUT2D eigenvalue weighted by Crippen LogP contribution is -2.40. The highest BCUT2D eigenvalue weighted by Crippen LogP contribution is 2.46. The van der Waals surface area contributed by atoms with Crippen LogP contribution in [0, 0.1) is 0 Å². The number of rotatable bonds is 1. The summed E-state index contributed by atoms with van der Waals surface area (Å²) < 4.78 is 4.87. The van der Waals surface area contributed by atoms with Crippen molar-refractivity contribution in [1.29, 1.82) is 0 Å². The van der Waals surface area contributed by atoms with Crippen LogP contribution in [-0.4, -0.2) is 22.5 Å². The zero-order valence-electron chi connectivity index (χ0n) is 7.66. The molecule has 1 saturated carbocycles. The van der Waals surface area contributed by atoms with Crippen molar-refractivity contribution in [2.45, 2.75) is 18.4 Å². The number of carbonyl (C=O) groups excluding carboxylic acids is 1. The summed E-state index contributed by atoms with van der Waals surface area (Å²) in [6.07, 6.45) is 2.68. The van der Waals surface area contributed by atoms with Crippen LogP contribution in [0.3, 0.4) is 0 Å². The topological polar surface area (TPSA) is 91.6 Å². The van der Waals surface area contributed by atoms with Gasteiger partial charge in [-0.1, -0.05) is 0 Å². The fourth-order valence-electron chi connectivity index (χ4n) is 1.75. The maximum atomic E-state index is 11.6. The third kappa shape index (κ3) is 0.984. The smallest absolute Gasteiger partial charge is 0.374 e. The van der Waals surface area contributed by atoms with Gasteiger partial charge in [0.1, 0.15) is 23.2 Å². The van der Waals surface area contributed by atoms with E-state index >= 15 is 0 Å². The standard InChI is InChI=1S/C9H8N2O4/c12-7(13)6-5-4(3-15-6)10-8(14)9(11-5)1-2-9/h3,11H,1-2H2,(H,10,14)(H,12,13). The molecule has 1 aliphatic heterocycles. The van der Waals surface area contributed by atoms with E-state index in [1.165, 1.54) is 6.26 Å². The molecule has 0 aromatic carbocycles. The Morgan fingerprint density at radius 3 is 2.87 bits per heavy atom. The summed E-state index contributed by atoms with van der Waals surface area (Å²) in [5.74, 6) is -1.42. The molecule has 3 N–H and O–H groups in total. The number of amides is 1. The van der Waals surface area contributed by atoms with Gasteiger partial charge < -0.3 is 20.2 Å². The minimum absolute atomic E-state index is 0.118. The first-order valence-corrected chi connectivity index (χ1v) is 4.57. The maximum absolute atomic E-state index is 11.6. The molecule has 6 nitrogen and oxygen atoms in total. The summed E-state index contributed by atoms with van der Waals surface area (Å²) >= 11 is 0. The third-order valence-electron chi connectivity index (χ3n) is 2.78. The average Bonchev–Trinajstić information content (AvgIpc) is 2.82. The lowest BCUT2D eigenvalue weighted by molar-refractivity contribution is -0.117. The van der Waals surface area contributed by atoms with Crippen molar-refractivity contribution in [1.82, 2.24) is 0 Å². The summed E-state index contributed by atoms with van der Waals surface area (Å²) in [6, 6.07) is 0. The number of carbonyl (C=O) groups is 2. The first-order chi connectivity index (χ1) is 7.12. The first-order valence-electron chi connectivity index (χ1n) is 4.57. The minimum atomic E-state index is -1.14. The van der Waals surface area contributed by atoms with Gasteiger partial charge in [0.2, 0.25) is 11.7 Å². The Bertz CT molecular complexity index is 472. The van der Waals surface area contributed by atoms with Gasteiger partial charge in [0.25, 0.3) is 0 Å². The molecule has 0 saturated heterocycles. The van der Waals surface area contributed by atoms with Crippen LogP contribution in [0.2, 0.25) is 0 Å². The molecule has 1 amide bonds. The van der Waals surface area contributed by atoms with Crippen LogP contribution in [0.5, 0.6) is 0 Å². The maximum Gasteiger partial charge on any atom is 0.374 e. The highest BCUT2D eigenvalue weighted by atomic mass is 16.4. The molecular formula is C9H8N2O4. The molecule has 2 aliphatic rings. The summed E-state index contributed by atoms with van der Waals surface area (Å²) in [6.45, 7) is 0. The van der Waals surface area contributed by atoms with Gasteiger partial charge in [-0.2, -0.15) is 0 Å². The summed E-state index contributed by atoms with van der Waals surface area (Å²) in [5, 5.41) is 14.4. The van der Waals surface area contributed by atoms with Crippen molar-refractivity contribution in [3.05, 3.63) is 12.0 Å². The quantitative estimate of drug-likeness (QED) is 0.637. The number of carboxylic acid groups (broad SMARTS) is 1. The predicted octanol–water partition coefficient (Wildman–Crippen LogP) is 0.874. The molecule has 1 aliphatic carbocycles. The molecule has 3 rings (SSSR count). The van der Waals surface area contributed by atoms with E-state index < -0.39 is 11.5 Å². The van der Waals surface area contributed by atoms with Crippen molar-refractivity contribution >= 4 is 23.3 Å². The second-order valence-corrected chi connectivity index (χ2v) is 3.82. The molecule has 0 atom stereocenters. The molecule has 78 valence electrons. The van der Waals surface area contributed by atoms with Gasteiger partial charge in [-0.05, 0) is 12.8 Å². The van der Waals surface area contributed by atoms with Crippen LogP contribution < -0.4 is 10.6 Å². The Balaban J connectivity index is 2.08. The van der Waals surface area contributed by atoms with Crippen molar-refractivity contribution in [2.75, 3.05) is 10.6 Å². The van der Waals surface area contributed by atoms with Crippen LogP contribution >= 0.6 is 0 Å². The van der Waals surface area contributed by atoms with Crippen LogP contribution in [0.4, 0.5) is 11.4 Å². The second kappa shape index (κ2) is 2.33. The molecule has 6 heteroatoms. The average molecular weight is 208 g/mol. The molecule has 0 radical (unpaired) electrons.